The summed E-state index contributed by atoms with van der Waals surface area (Å²) >= 11 is 0. The Morgan fingerprint density at radius 2 is 1.71 bits per heavy atom. The van der Waals surface area contributed by atoms with Crippen LogP contribution in [-0.4, -0.2) is 50.1 Å². The molecule has 3 aromatic rings. The predicted molar refractivity (Wildman–Crippen MR) is 132 cm³/mol. The third-order valence-electron chi connectivity index (χ3n) is 5.83. The number of fused-ring (bicyclic) bond motifs is 1. The molecule has 0 saturated heterocycles. The van der Waals surface area contributed by atoms with E-state index in [4.69, 9.17) is 9.47 Å². The Morgan fingerprint density at radius 1 is 1.00 bits per heavy atom. The standard InChI is InChI=1S/C27H29N3O4/c1-3-29(17-26(31)28-21-13-15-22(33-2)16-14-21)18-27(32)30-23-11-7-8-12-25(23)34-19-24(30)20-9-5-4-6-10-20/h4-16,24H,3,17-19H2,1-2H3,(H,28,31). The van der Waals surface area contributed by atoms with Crippen molar-refractivity contribution in [3.63, 3.8) is 0 Å². The van der Waals surface area contributed by atoms with Gasteiger partial charge in [-0.15, -0.1) is 0 Å². The number of amides is 2. The molecule has 0 bridgehead atoms. The molecule has 1 aliphatic heterocycles. The first-order chi connectivity index (χ1) is 16.6. The van der Waals surface area contributed by atoms with Crippen molar-refractivity contribution in [3.8, 4) is 11.5 Å². The predicted octanol–water partition coefficient (Wildman–Crippen LogP) is 4.12. The highest BCUT2D eigenvalue weighted by Gasteiger charge is 2.33. The minimum atomic E-state index is -0.240. The zero-order valence-electron chi connectivity index (χ0n) is 19.4. The summed E-state index contributed by atoms with van der Waals surface area (Å²) in [6.45, 7) is 3.09. The Bertz CT molecular complexity index is 1120. The second-order valence-electron chi connectivity index (χ2n) is 8.05. The van der Waals surface area contributed by atoms with Crippen LogP contribution in [0.3, 0.4) is 0 Å². The molecule has 3 aromatic carbocycles. The van der Waals surface area contributed by atoms with Gasteiger partial charge in [0.2, 0.25) is 11.8 Å². The smallest absolute Gasteiger partial charge is 0.241 e. The molecule has 0 saturated carbocycles. The summed E-state index contributed by atoms with van der Waals surface area (Å²) in [6, 6.07) is 24.3. The number of hydrogen-bond donors (Lipinski definition) is 1. The normalized spacial score (nSPS) is 14.8. The summed E-state index contributed by atoms with van der Waals surface area (Å²) in [6.07, 6.45) is 0. The van der Waals surface area contributed by atoms with Crippen molar-refractivity contribution in [1.29, 1.82) is 0 Å². The van der Waals surface area contributed by atoms with Gasteiger partial charge in [-0.2, -0.15) is 0 Å². The topological polar surface area (TPSA) is 71.1 Å². The van der Waals surface area contributed by atoms with E-state index in [-0.39, 0.29) is 30.9 Å². The molecule has 0 aliphatic carbocycles. The number of hydrogen-bond acceptors (Lipinski definition) is 5. The van der Waals surface area contributed by atoms with Crippen molar-refractivity contribution >= 4 is 23.2 Å². The Labute approximate surface area is 199 Å². The van der Waals surface area contributed by atoms with Crippen LogP contribution in [0.1, 0.15) is 18.5 Å². The number of ether oxygens (including phenoxy) is 2. The first-order valence-corrected chi connectivity index (χ1v) is 11.3. The highest BCUT2D eigenvalue weighted by atomic mass is 16.5. The first kappa shape index (κ1) is 23.3. The van der Waals surface area contributed by atoms with Crippen LogP contribution >= 0.6 is 0 Å². The Morgan fingerprint density at radius 3 is 2.41 bits per heavy atom. The molecule has 176 valence electrons. The molecule has 1 N–H and O–H groups in total. The fourth-order valence-corrected chi connectivity index (χ4v) is 4.04. The number of benzene rings is 3. The molecule has 34 heavy (non-hydrogen) atoms. The van der Waals surface area contributed by atoms with Crippen molar-refractivity contribution in [2.75, 3.05) is 43.6 Å². The van der Waals surface area contributed by atoms with Crippen LogP contribution in [0.25, 0.3) is 0 Å². The van der Waals surface area contributed by atoms with Gasteiger partial charge in [0, 0.05) is 5.69 Å². The van der Waals surface area contributed by atoms with Gasteiger partial charge in [0.25, 0.3) is 0 Å². The second kappa shape index (κ2) is 10.9. The quantitative estimate of drug-likeness (QED) is 0.549. The van der Waals surface area contributed by atoms with E-state index in [0.717, 1.165) is 17.0 Å². The highest BCUT2D eigenvalue weighted by Crippen LogP contribution is 2.39. The van der Waals surface area contributed by atoms with E-state index < -0.39 is 0 Å². The van der Waals surface area contributed by atoms with Gasteiger partial charge in [-0.3, -0.25) is 19.4 Å². The van der Waals surface area contributed by atoms with Crippen LogP contribution < -0.4 is 19.7 Å². The van der Waals surface area contributed by atoms with Gasteiger partial charge in [-0.05, 0) is 48.5 Å². The van der Waals surface area contributed by atoms with E-state index in [2.05, 4.69) is 5.32 Å². The number of carbonyl (C=O) groups is 2. The van der Waals surface area contributed by atoms with E-state index in [1.54, 1.807) is 36.3 Å². The summed E-state index contributed by atoms with van der Waals surface area (Å²) in [5, 5.41) is 2.88. The van der Waals surface area contributed by atoms with Crippen LogP contribution in [0.5, 0.6) is 11.5 Å². The van der Waals surface area contributed by atoms with E-state index in [9.17, 15) is 9.59 Å². The summed E-state index contributed by atoms with van der Waals surface area (Å²) in [5.74, 6) is 1.14. The maximum Gasteiger partial charge on any atom is 0.241 e. The molecule has 1 unspecified atom stereocenters. The molecule has 0 aromatic heterocycles. The van der Waals surface area contributed by atoms with Crippen LogP contribution in [0.4, 0.5) is 11.4 Å². The Hall–Kier alpha value is -3.84. The average molecular weight is 460 g/mol. The molecule has 0 fully saturated rings. The van der Waals surface area contributed by atoms with Gasteiger partial charge < -0.3 is 14.8 Å². The van der Waals surface area contributed by atoms with E-state index >= 15 is 0 Å². The molecule has 4 rings (SSSR count). The van der Waals surface area contributed by atoms with Gasteiger partial charge >= 0.3 is 0 Å². The number of likely N-dealkylation sites (N-methyl/N-ethyl adjacent to an activating group) is 1. The fraction of sp³-hybridized carbons (Fsp3) is 0.259. The number of nitrogens with zero attached hydrogens (tertiary/aromatic N) is 2. The lowest BCUT2D eigenvalue weighted by Crippen LogP contribution is -2.47. The molecular weight excluding hydrogens is 430 g/mol. The third-order valence-corrected chi connectivity index (χ3v) is 5.83. The highest BCUT2D eigenvalue weighted by molar-refractivity contribution is 5.98. The van der Waals surface area contributed by atoms with Gasteiger partial charge in [-0.25, -0.2) is 0 Å². The van der Waals surface area contributed by atoms with Crippen LogP contribution in [0.15, 0.2) is 78.9 Å². The zero-order valence-corrected chi connectivity index (χ0v) is 19.4. The Balaban J connectivity index is 1.48. The molecule has 1 aliphatic rings. The molecule has 7 heteroatoms. The molecule has 2 amide bonds. The number of para-hydroxylation sites is 2. The zero-order chi connectivity index (χ0) is 23.9. The average Bonchev–Trinajstić information content (AvgIpc) is 2.88. The molecule has 1 atom stereocenters. The van der Waals surface area contributed by atoms with Gasteiger partial charge in [0.15, 0.2) is 0 Å². The number of nitrogens with one attached hydrogen (secondary N) is 1. The summed E-state index contributed by atoms with van der Waals surface area (Å²) in [5.41, 5.74) is 2.43. The fourth-order valence-electron chi connectivity index (χ4n) is 4.04. The van der Waals surface area contributed by atoms with Crippen LogP contribution in [0.2, 0.25) is 0 Å². The molecule has 1 heterocycles. The van der Waals surface area contributed by atoms with Crippen molar-refractivity contribution in [3.05, 3.63) is 84.4 Å². The van der Waals surface area contributed by atoms with Crippen LogP contribution in [-0.2, 0) is 9.59 Å². The lowest BCUT2D eigenvalue weighted by molar-refractivity contribution is -0.122. The minimum absolute atomic E-state index is 0.0799. The molecule has 0 spiro atoms. The SMILES string of the molecule is CCN(CC(=O)Nc1ccc(OC)cc1)CC(=O)N1c2ccccc2OCC1c1ccccc1. The maximum absolute atomic E-state index is 13.6. The minimum Gasteiger partial charge on any atom is -0.497 e. The van der Waals surface area contributed by atoms with Gasteiger partial charge in [-0.1, -0.05) is 49.4 Å². The second-order valence-corrected chi connectivity index (χ2v) is 8.05. The lowest BCUT2D eigenvalue weighted by atomic mass is 10.0. The number of rotatable bonds is 8. The summed E-state index contributed by atoms with van der Waals surface area (Å²) in [7, 11) is 1.60. The van der Waals surface area contributed by atoms with Crippen molar-refractivity contribution in [2.24, 2.45) is 0 Å². The monoisotopic (exact) mass is 459 g/mol. The van der Waals surface area contributed by atoms with E-state index in [1.165, 1.54) is 0 Å². The van der Waals surface area contributed by atoms with Crippen LogP contribution in [0, 0.1) is 0 Å². The van der Waals surface area contributed by atoms with Gasteiger partial charge in [0.05, 0.1) is 31.9 Å². The first-order valence-electron chi connectivity index (χ1n) is 11.3. The number of carbonyl (C=O) groups excluding carboxylic acids is 2. The lowest BCUT2D eigenvalue weighted by Gasteiger charge is -2.38. The molecule has 7 nitrogen and oxygen atoms in total. The number of anilines is 2. The largest absolute Gasteiger partial charge is 0.497 e. The summed E-state index contributed by atoms with van der Waals surface area (Å²) in [4.78, 5) is 29.9. The molecule has 0 radical (unpaired) electrons. The van der Waals surface area contributed by atoms with Crippen molar-refractivity contribution in [1.82, 2.24) is 4.90 Å². The van der Waals surface area contributed by atoms with Crippen molar-refractivity contribution < 1.29 is 19.1 Å². The van der Waals surface area contributed by atoms with E-state index in [1.807, 2.05) is 66.4 Å². The molecular formula is C27H29N3O4. The third kappa shape index (κ3) is 5.38. The van der Waals surface area contributed by atoms with E-state index in [0.29, 0.717) is 24.6 Å². The summed E-state index contributed by atoms with van der Waals surface area (Å²) < 4.78 is 11.1. The number of methoxy groups -OCH3 is 1. The van der Waals surface area contributed by atoms with Gasteiger partial charge in [0.1, 0.15) is 18.1 Å². The van der Waals surface area contributed by atoms with Crippen molar-refractivity contribution in [2.45, 2.75) is 13.0 Å². The Kier molecular flexibility index (Phi) is 7.44. The maximum atomic E-state index is 13.6.